The van der Waals surface area contributed by atoms with E-state index in [0.29, 0.717) is 6.42 Å². The third-order valence-electron chi connectivity index (χ3n) is 5.83. The topological polar surface area (TPSA) is 57.5 Å². The average molecular weight is 501 g/mol. The number of quaternary nitrogens is 1. The minimum atomic E-state index is -3.83. The standard InChI is InChI=1S/C23H50NO3P.BrH/c1-4-5-6-7-8-9-10-11-12-13-14-15-16-17-18-19-21-24(2,3)22-20-23-28(25,26)27;/h4-23H2,1-3H3,(H-,25,26,27);1H. The fourth-order valence-electron chi connectivity index (χ4n) is 3.90. The summed E-state index contributed by atoms with van der Waals surface area (Å²) < 4.78 is 11.8. The van der Waals surface area contributed by atoms with Crippen LogP contribution in [0, 0.1) is 0 Å². The van der Waals surface area contributed by atoms with Gasteiger partial charge in [0.1, 0.15) is 0 Å². The van der Waals surface area contributed by atoms with Crippen molar-refractivity contribution in [3.05, 3.63) is 0 Å². The number of unbranched alkanes of at least 4 members (excludes halogenated alkanes) is 15. The largest absolute Gasteiger partial charge is 1.00 e. The Labute approximate surface area is 192 Å². The first kappa shape index (κ1) is 31.8. The Balaban J connectivity index is 0. The fraction of sp³-hybridized carbons (Fsp3) is 1.00. The molecule has 0 fully saturated rings. The van der Waals surface area contributed by atoms with Gasteiger partial charge in [-0.2, -0.15) is 0 Å². The summed E-state index contributed by atoms with van der Waals surface area (Å²) in [6.45, 7) is 4.24. The molecule has 2 N–H and O–H groups in total. The Kier molecular flexibility index (Phi) is 22.5. The summed E-state index contributed by atoms with van der Waals surface area (Å²) in [4.78, 5) is 17.9. The van der Waals surface area contributed by atoms with Crippen molar-refractivity contribution >= 4 is 7.60 Å². The van der Waals surface area contributed by atoms with Gasteiger partial charge in [0.05, 0.1) is 33.3 Å². The lowest BCUT2D eigenvalue weighted by Gasteiger charge is -2.30. The second kappa shape index (κ2) is 20.5. The predicted molar refractivity (Wildman–Crippen MR) is 123 cm³/mol. The van der Waals surface area contributed by atoms with Gasteiger partial charge in [-0.15, -0.1) is 0 Å². The van der Waals surface area contributed by atoms with E-state index < -0.39 is 7.60 Å². The lowest BCUT2D eigenvalue weighted by atomic mass is 10.0. The molecule has 0 aliphatic carbocycles. The molecule has 0 aromatic rings. The Hall–Kier alpha value is 0.590. The maximum absolute atomic E-state index is 10.9. The van der Waals surface area contributed by atoms with E-state index in [1.807, 2.05) is 0 Å². The third kappa shape index (κ3) is 26.6. The average Bonchev–Trinajstić information content (AvgIpc) is 2.60. The van der Waals surface area contributed by atoms with Crippen molar-refractivity contribution in [3.63, 3.8) is 0 Å². The molecule has 29 heavy (non-hydrogen) atoms. The molecule has 6 heteroatoms. The van der Waals surface area contributed by atoms with E-state index in [1.54, 1.807) is 0 Å². The summed E-state index contributed by atoms with van der Waals surface area (Å²) in [5, 5.41) is 0. The molecule has 0 saturated carbocycles. The zero-order chi connectivity index (χ0) is 21.1. The molecule has 0 atom stereocenters. The van der Waals surface area contributed by atoms with Gasteiger partial charge in [0.25, 0.3) is 0 Å². The van der Waals surface area contributed by atoms with Crippen molar-refractivity contribution in [2.24, 2.45) is 0 Å². The number of hydrogen-bond acceptors (Lipinski definition) is 1. The molecule has 0 amide bonds. The van der Waals surface area contributed by atoms with Crippen molar-refractivity contribution in [1.29, 1.82) is 0 Å². The summed E-state index contributed by atoms with van der Waals surface area (Å²) >= 11 is 0. The Morgan fingerprint density at radius 2 is 0.897 bits per heavy atom. The molecule has 0 spiro atoms. The van der Waals surface area contributed by atoms with Crippen LogP contribution in [0.15, 0.2) is 0 Å². The maximum Gasteiger partial charge on any atom is 0.325 e. The molecule has 0 heterocycles. The van der Waals surface area contributed by atoms with Gasteiger partial charge in [0.2, 0.25) is 0 Å². The summed E-state index contributed by atoms with van der Waals surface area (Å²) in [5.74, 6) is 0. The van der Waals surface area contributed by atoms with Crippen molar-refractivity contribution in [1.82, 2.24) is 0 Å². The Bertz CT molecular complexity index is 388. The van der Waals surface area contributed by atoms with E-state index in [2.05, 4.69) is 21.0 Å². The van der Waals surface area contributed by atoms with Crippen molar-refractivity contribution in [3.8, 4) is 0 Å². The van der Waals surface area contributed by atoms with E-state index >= 15 is 0 Å². The fourth-order valence-corrected chi connectivity index (χ4v) is 4.46. The van der Waals surface area contributed by atoms with Crippen LogP contribution in [0.5, 0.6) is 0 Å². The molecule has 0 aliphatic heterocycles. The van der Waals surface area contributed by atoms with Crippen LogP contribution >= 0.6 is 7.60 Å². The second-order valence-electron chi connectivity index (χ2n) is 9.43. The van der Waals surface area contributed by atoms with Crippen LogP contribution in [0.4, 0.5) is 0 Å². The quantitative estimate of drug-likeness (QED) is 0.143. The van der Waals surface area contributed by atoms with Gasteiger partial charge in [0, 0.05) is 6.42 Å². The smallest absolute Gasteiger partial charge is 0.325 e. The van der Waals surface area contributed by atoms with Gasteiger partial charge in [-0.3, -0.25) is 4.57 Å². The second-order valence-corrected chi connectivity index (χ2v) is 11.2. The number of hydrogen-bond donors (Lipinski definition) is 2. The molecule has 0 rings (SSSR count). The van der Waals surface area contributed by atoms with Crippen LogP contribution in [0.2, 0.25) is 0 Å². The highest BCUT2D eigenvalue weighted by Crippen LogP contribution is 2.35. The number of rotatable bonds is 21. The number of halogens is 1. The van der Waals surface area contributed by atoms with Crippen LogP contribution in [0.25, 0.3) is 0 Å². The highest BCUT2D eigenvalue weighted by Gasteiger charge is 2.18. The highest BCUT2D eigenvalue weighted by molar-refractivity contribution is 7.51. The van der Waals surface area contributed by atoms with Crippen LogP contribution in [-0.2, 0) is 4.57 Å². The van der Waals surface area contributed by atoms with Gasteiger partial charge in [-0.1, -0.05) is 96.8 Å². The number of nitrogens with zero attached hydrogens (tertiary/aromatic N) is 1. The summed E-state index contributed by atoms with van der Waals surface area (Å²) in [5.41, 5.74) is 0. The van der Waals surface area contributed by atoms with Crippen molar-refractivity contribution < 1.29 is 35.8 Å². The summed E-state index contributed by atoms with van der Waals surface area (Å²) in [6, 6.07) is 0. The van der Waals surface area contributed by atoms with Crippen LogP contribution in [0.3, 0.4) is 0 Å². The molecule has 0 aromatic carbocycles. The van der Waals surface area contributed by atoms with Gasteiger partial charge in [-0.05, 0) is 12.8 Å². The maximum atomic E-state index is 10.9. The first-order chi connectivity index (χ1) is 13.3. The highest BCUT2D eigenvalue weighted by atomic mass is 79.9. The van der Waals surface area contributed by atoms with E-state index in [1.165, 1.54) is 103 Å². The molecule has 0 unspecified atom stereocenters. The zero-order valence-corrected chi connectivity index (χ0v) is 22.2. The monoisotopic (exact) mass is 499 g/mol. The van der Waals surface area contributed by atoms with Crippen LogP contribution in [-0.4, -0.2) is 47.6 Å². The van der Waals surface area contributed by atoms with Gasteiger partial charge >= 0.3 is 7.60 Å². The SMILES string of the molecule is CCCCCCCCCCCCCCCCCC[N+](C)(C)CCCP(=O)(O)O.[Br-]. The Morgan fingerprint density at radius 1 is 0.586 bits per heavy atom. The van der Waals surface area contributed by atoms with Gasteiger partial charge < -0.3 is 31.3 Å². The Morgan fingerprint density at radius 3 is 1.24 bits per heavy atom. The van der Waals surface area contributed by atoms with Gasteiger partial charge in [-0.25, -0.2) is 0 Å². The minimum Gasteiger partial charge on any atom is -1.00 e. The normalized spacial score (nSPS) is 12.2. The van der Waals surface area contributed by atoms with Gasteiger partial charge in [0.15, 0.2) is 0 Å². The minimum absolute atomic E-state index is 0. The van der Waals surface area contributed by atoms with E-state index in [9.17, 15) is 4.57 Å². The van der Waals surface area contributed by atoms with E-state index in [0.717, 1.165) is 17.6 Å². The van der Waals surface area contributed by atoms with E-state index in [4.69, 9.17) is 9.79 Å². The molecule has 0 aliphatic rings. The molecule has 0 saturated heterocycles. The molecule has 178 valence electrons. The van der Waals surface area contributed by atoms with Crippen LogP contribution in [0.1, 0.15) is 116 Å². The lowest BCUT2D eigenvalue weighted by Crippen LogP contribution is -3.00. The zero-order valence-electron chi connectivity index (χ0n) is 19.7. The summed E-state index contributed by atoms with van der Waals surface area (Å²) in [7, 11) is 0.517. The molecule has 0 radical (unpaired) electrons. The summed E-state index contributed by atoms with van der Waals surface area (Å²) in [6.07, 6.45) is 22.9. The van der Waals surface area contributed by atoms with Crippen molar-refractivity contribution in [2.45, 2.75) is 116 Å². The first-order valence-electron chi connectivity index (χ1n) is 12.1. The first-order valence-corrected chi connectivity index (χ1v) is 13.9. The molecule has 4 nitrogen and oxygen atoms in total. The van der Waals surface area contributed by atoms with Crippen molar-refractivity contribution in [2.75, 3.05) is 33.3 Å². The molecular weight excluding hydrogens is 449 g/mol. The van der Waals surface area contributed by atoms with Crippen LogP contribution < -0.4 is 17.0 Å². The molecular formula is C23H51BrNO3P. The van der Waals surface area contributed by atoms with E-state index in [-0.39, 0.29) is 23.1 Å². The molecule has 0 bridgehead atoms. The lowest BCUT2D eigenvalue weighted by molar-refractivity contribution is -0.890. The third-order valence-corrected chi connectivity index (χ3v) is 6.73. The predicted octanol–water partition coefficient (Wildman–Crippen LogP) is 3.90. The molecule has 0 aromatic heterocycles.